The van der Waals surface area contributed by atoms with Crippen molar-refractivity contribution in [2.24, 2.45) is 5.41 Å². The smallest absolute Gasteiger partial charge is 0.248 e. The first-order valence-electron chi connectivity index (χ1n) is 13.1. The molecule has 9 heteroatoms. The van der Waals surface area contributed by atoms with Gasteiger partial charge >= 0.3 is 0 Å². The fourth-order valence-electron chi connectivity index (χ4n) is 5.43. The van der Waals surface area contributed by atoms with E-state index >= 15 is 0 Å². The number of aliphatic hydroxyl groups is 1. The molecule has 2 amide bonds. The zero-order chi connectivity index (χ0) is 25.4. The topological polar surface area (TPSA) is 110 Å². The Labute approximate surface area is 212 Å². The molecule has 1 aromatic carbocycles. The second kappa shape index (κ2) is 9.94. The van der Waals surface area contributed by atoms with Gasteiger partial charge in [0.05, 0.1) is 24.0 Å². The van der Waals surface area contributed by atoms with Gasteiger partial charge in [-0.25, -0.2) is 4.68 Å². The first-order chi connectivity index (χ1) is 17.2. The number of β-amino-alcohol motifs (C(OH)–C–C–N with tert-alkyl or cyclic N) is 1. The number of likely N-dealkylation sites (tertiary alicyclic amines) is 1. The maximum absolute atomic E-state index is 13.8. The van der Waals surface area contributed by atoms with Crippen LogP contribution in [-0.2, 0) is 14.3 Å². The number of hydrogen-bond acceptors (Lipinski definition) is 6. The number of carbonyl (C=O) groups excluding carboxylic acids is 2. The number of nitrogens with zero attached hydrogens (tertiary/aromatic N) is 4. The molecular weight excluding hydrogens is 458 g/mol. The largest absolute Gasteiger partial charge is 0.391 e. The molecule has 1 saturated carbocycles. The van der Waals surface area contributed by atoms with E-state index in [0.29, 0.717) is 12.5 Å². The second-order valence-corrected chi connectivity index (χ2v) is 11.5. The molecule has 9 nitrogen and oxygen atoms in total. The van der Waals surface area contributed by atoms with Gasteiger partial charge in [0.25, 0.3) is 0 Å². The highest BCUT2D eigenvalue weighted by Crippen LogP contribution is 2.40. The average Bonchev–Trinajstić information content (AvgIpc) is 3.22. The number of nitrogens with one attached hydrogen (secondary N) is 1. The van der Waals surface area contributed by atoms with E-state index in [1.165, 1.54) is 4.90 Å². The number of amides is 2. The fraction of sp³-hybridized carbons (Fsp3) is 0.630. The molecule has 1 aromatic heterocycles. The maximum Gasteiger partial charge on any atom is 0.248 e. The van der Waals surface area contributed by atoms with Crippen molar-refractivity contribution in [1.29, 1.82) is 0 Å². The summed E-state index contributed by atoms with van der Waals surface area (Å²) < 4.78 is 7.80. The van der Waals surface area contributed by atoms with Gasteiger partial charge in [-0.05, 0) is 36.7 Å². The Kier molecular flexibility index (Phi) is 6.87. The minimum atomic E-state index is -0.742. The number of carbonyl (C=O) groups is 2. The molecule has 0 radical (unpaired) electrons. The van der Waals surface area contributed by atoms with Crippen LogP contribution in [0.4, 0.5) is 0 Å². The quantitative estimate of drug-likeness (QED) is 0.611. The SMILES string of the molecule is CC(C)(C)[C@@H](C(=O)N1CC(O)CC1C(=O)NC[C@H]1CC[C@H](c2ccccc2)O1)n1cc(C2CC2)nn1. The molecule has 2 aliphatic heterocycles. The van der Waals surface area contributed by atoms with Crippen molar-refractivity contribution < 1.29 is 19.4 Å². The molecule has 5 rings (SSSR count). The molecule has 36 heavy (non-hydrogen) atoms. The Morgan fingerprint density at radius 2 is 1.92 bits per heavy atom. The Bertz CT molecular complexity index is 1080. The lowest BCUT2D eigenvalue weighted by atomic mass is 9.85. The summed E-state index contributed by atoms with van der Waals surface area (Å²) in [5, 5.41) is 22.0. The molecule has 0 spiro atoms. The Balaban J connectivity index is 1.24. The maximum atomic E-state index is 13.8. The van der Waals surface area contributed by atoms with Crippen LogP contribution in [0.15, 0.2) is 36.5 Å². The molecule has 3 aliphatic rings. The second-order valence-electron chi connectivity index (χ2n) is 11.5. The predicted octanol–water partition coefficient (Wildman–Crippen LogP) is 2.74. The van der Waals surface area contributed by atoms with Gasteiger partial charge in [-0.3, -0.25) is 9.59 Å². The third kappa shape index (κ3) is 5.32. The summed E-state index contributed by atoms with van der Waals surface area (Å²) in [6.45, 7) is 6.46. The van der Waals surface area contributed by atoms with Gasteiger partial charge in [-0.1, -0.05) is 56.3 Å². The van der Waals surface area contributed by atoms with E-state index in [-0.39, 0.29) is 37.0 Å². The van der Waals surface area contributed by atoms with Gasteiger partial charge in [0.2, 0.25) is 11.8 Å². The molecule has 2 aromatic rings. The Morgan fingerprint density at radius 3 is 2.61 bits per heavy atom. The number of hydrogen-bond donors (Lipinski definition) is 2. The molecule has 0 bridgehead atoms. The van der Waals surface area contributed by atoms with E-state index in [2.05, 4.69) is 27.8 Å². The summed E-state index contributed by atoms with van der Waals surface area (Å²) in [6, 6.07) is 8.76. The van der Waals surface area contributed by atoms with Crippen LogP contribution in [0.25, 0.3) is 0 Å². The van der Waals surface area contributed by atoms with Crippen LogP contribution in [0.5, 0.6) is 0 Å². The van der Waals surface area contributed by atoms with E-state index < -0.39 is 23.6 Å². The molecule has 2 saturated heterocycles. The van der Waals surface area contributed by atoms with Gasteiger partial charge in [0.1, 0.15) is 12.1 Å². The summed E-state index contributed by atoms with van der Waals surface area (Å²) >= 11 is 0. The van der Waals surface area contributed by atoms with Crippen LogP contribution in [0.1, 0.15) is 82.2 Å². The summed E-state index contributed by atoms with van der Waals surface area (Å²) in [6.07, 6.45) is 5.28. The molecule has 1 aliphatic carbocycles. The third-order valence-corrected chi connectivity index (χ3v) is 7.49. The van der Waals surface area contributed by atoms with Crippen molar-refractivity contribution in [2.75, 3.05) is 13.1 Å². The van der Waals surface area contributed by atoms with Crippen LogP contribution >= 0.6 is 0 Å². The minimum Gasteiger partial charge on any atom is -0.391 e. The lowest BCUT2D eigenvalue weighted by Crippen LogP contribution is -2.51. The normalized spacial score (nSPS) is 27.3. The van der Waals surface area contributed by atoms with Crippen LogP contribution in [-0.4, -0.2) is 68.2 Å². The first kappa shape index (κ1) is 24.9. The lowest BCUT2D eigenvalue weighted by Gasteiger charge is -2.34. The number of rotatable bonds is 7. The average molecular weight is 496 g/mol. The summed E-state index contributed by atoms with van der Waals surface area (Å²) in [7, 11) is 0. The molecule has 2 unspecified atom stereocenters. The minimum absolute atomic E-state index is 0.0373. The Hall–Kier alpha value is -2.78. The summed E-state index contributed by atoms with van der Waals surface area (Å²) in [4.78, 5) is 28.6. The highest BCUT2D eigenvalue weighted by atomic mass is 16.5. The molecule has 5 atom stereocenters. The van der Waals surface area contributed by atoms with E-state index in [1.54, 1.807) is 4.68 Å². The number of aromatic nitrogens is 3. The lowest BCUT2D eigenvalue weighted by molar-refractivity contribution is -0.144. The van der Waals surface area contributed by atoms with Crippen LogP contribution in [0.3, 0.4) is 0 Å². The predicted molar refractivity (Wildman–Crippen MR) is 133 cm³/mol. The van der Waals surface area contributed by atoms with Crippen molar-refractivity contribution in [3.05, 3.63) is 47.8 Å². The molecule has 194 valence electrons. The molecular formula is C27H37N5O4. The fourth-order valence-corrected chi connectivity index (χ4v) is 5.43. The number of aliphatic hydroxyl groups excluding tert-OH is 1. The van der Waals surface area contributed by atoms with E-state index in [9.17, 15) is 14.7 Å². The zero-order valence-electron chi connectivity index (χ0n) is 21.3. The number of ether oxygens (including phenoxy) is 1. The highest BCUT2D eigenvalue weighted by molar-refractivity contribution is 5.90. The zero-order valence-corrected chi connectivity index (χ0v) is 21.3. The van der Waals surface area contributed by atoms with Crippen molar-refractivity contribution in [1.82, 2.24) is 25.2 Å². The van der Waals surface area contributed by atoms with E-state index in [4.69, 9.17) is 4.74 Å². The van der Waals surface area contributed by atoms with Crippen molar-refractivity contribution in [3.8, 4) is 0 Å². The molecule has 3 heterocycles. The van der Waals surface area contributed by atoms with Crippen molar-refractivity contribution in [3.63, 3.8) is 0 Å². The van der Waals surface area contributed by atoms with Crippen LogP contribution in [0.2, 0.25) is 0 Å². The summed E-state index contributed by atoms with van der Waals surface area (Å²) in [5.41, 5.74) is 1.61. The number of benzene rings is 1. The van der Waals surface area contributed by atoms with Crippen LogP contribution < -0.4 is 5.32 Å². The first-order valence-corrected chi connectivity index (χ1v) is 13.1. The van der Waals surface area contributed by atoms with Gasteiger partial charge < -0.3 is 20.1 Å². The summed E-state index contributed by atoms with van der Waals surface area (Å²) in [5.74, 6) is -0.0369. The monoisotopic (exact) mass is 495 g/mol. The van der Waals surface area contributed by atoms with E-state index in [0.717, 1.165) is 36.9 Å². The van der Waals surface area contributed by atoms with Crippen molar-refractivity contribution in [2.45, 2.75) is 89.2 Å². The van der Waals surface area contributed by atoms with Crippen LogP contribution in [0, 0.1) is 5.41 Å². The third-order valence-electron chi connectivity index (χ3n) is 7.49. The molecule has 2 N–H and O–H groups in total. The van der Waals surface area contributed by atoms with Crippen molar-refractivity contribution >= 4 is 11.8 Å². The Morgan fingerprint density at radius 1 is 1.17 bits per heavy atom. The van der Waals surface area contributed by atoms with Gasteiger partial charge in [0.15, 0.2) is 0 Å². The van der Waals surface area contributed by atoms with Gasteiger partial charge in [-0.15, -0.1) is 5.10 Å². The van der Waals surface area contributed by atoms with Gasteiger partial charge in [0, 0.05) is 31.6 Å². The highest BCUT2D eigenvalue weighted by Gasteiger charge is 2.45. The molecule has 3 fully saturated rings. The van der Waals surface area contributed by atoms with Gasteiger partial charge in [-0.2, -0.15) is 0 Å². The van der Waals surface area contributed by atoms with E-state index in [1.807, 2.05) is 45.2 Å². The standard InChI is InChI=1S/C27H37N5O4/c1-27(2,3)24(32-16-21(29-30-32)17-9-10-17)26(35)31-15-19(33)13-22(31)25(34)28-14-20-11-12-23(36-20)18-7-5-4-6-8-18/h4-8,16-17,19-20,22-24,33H,9-15H2,1-3H3,(H,28,34)/t19?,20-,22?,23-,24-/m1/s1.